The number of nitrogens with two attached hydrogens (primary N) is 1. The maximum absolute atomic E-state index is 13.2. The zero-order valence-electron chi connectivity index (χ0n) is 22.7. The number of anilines is 1. The number of urea groups is 1. The van der Waals surface area contributed by atoms with Gasteiger partial charge in [-0.25, -0.2) is 17.5 Å². The van der Waals surface area contributed by atoms with Crippen molar-refractivity contribution in [2.75, 3.05) is 30.8 Å². The van der Waals surface area contributed by atoms with Gasteiger partial charge in [0.2, 0.25) is 10.0 Å². The molecule has 204 valence electrons. The molecule has 2 aliphatic heterocycles. The first-order valence-corrected chi connectivity index (χ1v) is 14.9. The first kappa shape index (κ1) is 27.6. The second kappa shape index (κ2) is 10.4. The second-order valence-electron chi connectivity index (χ2n) is 11.5. The number of carbonyl (C=O) groups is 2. The van der Waals surface area contributed by atoms with Gasteiger partial charge in [0.15, 0.2) is 0 Å². The van der Waals surface area contributed by atoms with Crippen molar-refractivity contribution < 1.29 is 18.0 Å². The average molecular weight is 532 g/mol. The van der Waals surface area contributed by atoms with E-state index >= 15 is 0 Å². The molecule has 3 aliphatic rings. The number of piperidine rings is 1. The summed E-state index contributed by atoms with van der Waals surface area (Å²) in [6.45, 7) is 8.95. The van der Waals surface area contributed by atoms with Gasteiger partial charge in [0, 0.05) is 31.7 Å². The highest BCUT2D eigenvalue weighted by molar-refractivity contribution is 7.89. The van der Waals surface area contributed by atoms with E-state index in [1.54, 1.807) is 7.05 Å². The molecular weight excluding hydrogens is 490 g/mol. The fourth-order valence-electron chi connectivity index (χ4n) is 6.42. The van der Waals surface area contributed by atoms with Gasteiger partial charge in [-0.2, -0.15) is 0 Å². The van der Waals surface area contributed by atoms with Crippen molar-refractivity contribution in [1.82, 2.24) is 9.62 Å². The van der Waals surface area contributed by atoms with Gasteiger partial charge in [-0.3, -0.25) is 14.7 Å². The summed E-state index contributed by atoms with van der Waals surface area (Å²) >= 11 is 0. The first-order chi connectivity index (χ1) is 17.3. The van der Waals surface area contributed by atoms with E-state index in [-0.39, 0.29) is 17.6 Å². The number of amidine groups is 1. The summed E-state index contributed by atoms with van der Waals surface area (Å²) in [6, 6.07) is 3.16. The molecule has 1 aromatic rings. The molecule has 2 heterocycles. The Labute approximate surface area is 220 Å². The van der Waals surface area contributed by atoms with Crippen molar-refractivity contribution in [2.45, 2.75) is 71.8 Å². The summed E-state index contributed by atoms with van der Waals surface area (Å²) in [5.41, 5.74) is 8.04. The van der Waals surface area contributed by atoms with Crippen LogP contribution in [0.5, 0.6) is 0 Å². The van der Waals surface area contributed by atoms with Crippen LogP contribution < -0.4 is 16.0 Å². The van der Waals surface area contributed by atoms with E-state index in [1.807, 2.05) is 26.0 Å². The molecule has 3 amide bonds. The summed E-state index contributed by atoms with van der Waals surface area (Å²) in [5.74, 6) is 2.25. The van der Waals surface area contributed by atoms with Crippen molar-refractivity contribution in [3.05, 3.63) is 28.8 Å². The molecule has 0 radical (unpaired) electrons. The Morgan fingerprint density at radius 3 is 2.24 bits per heavy atom. The summed E-state index contributed by atoms with van der Waals surface area (Å²) in [7, 11) is -1.89. The molecule has 4 rings (SSSR count). The monoisotopic (exact) mass is 531 g/mol. The van der Waals surface area contributed by atoms with Crippen LogP contribution in [0.4, 0.5) is 10.5 Å². The van der Waals surface area contributed by atoms with Crippen LogP contribution in [0.1, 0.15) is 62.6 Å². The summed E-state index contributed by atoms with van der Waals surface area (Å²) in [6.07, 6.45) is 4.49. The number of aryl methyl sites for hydroxylation is 2. The molecule has 1 aliphatic carbocycles. The standard InChI is InChI=1S/C27H41N5O4S/c1-17-12-18(2)14-21(13-17)24-29-25(33)27(30-24)7-9-32(10-8-27)37(35,36)11-6-23-19(3)15-22(16-20(23)4)31(5)26(28)34/h15-18,21H,6-14H2,1-5H3,(H2,28,34)(H,29,30,33)/t17-,18?,21?/m0/s1. The number of primary amides is 1. The Hall–Kier alpha value is -2.46. The van der Waals surface area contributed by atoms with Crippen molar-refractivity contribution in [2.24, 2.45) is 28.5 Å². The van der Waals surface area contributed by atoms with Crippen LogP contribution in [-0.2, 0) is 21.2 Å². The van der Waals surface area contributed by atoms with Crippen molar-refractivity contribution in [1.29, 1.82) is 0 Å². The molecule has 1 spiro atoms. The molecule has 9 nitrogen and oxygen atoms in total. The largest absolute Gasteiger partial charge is 0.351 e. The number of sulfonamides is 1. The lowest BCUT2D eigenvalue weighted by Crippen LogP contribution is -2.51. The Morgan fingerprint density at radius 2 is 1.70 bits per heavy atom. The molecule has 1 saturated carbocycles. The lowest BCUT2D eigenvalue weighted by Gasteiger charge is -2.35. The summed E-state index contributed by atoms with van der Waals surface area (Å²) in [5, 5.41) is 3.07. The van der Waals surface area contributed by atoms with E-state index < -0.39 is 21.6 Å². The lowest BCUT2D eigenvalue weighted by atomic mass is 9.76. The number of hydrogen-bond acceptors (Lipinski definition) is 5. The summed E-state index contributed by atoms with van der Waals surface area (Å²) < 4.78 is 28.0. The molecule has 10 heteroatoms. The molecule has 3 atom stereocenters. The fourth-order valence-corrected chi connectivity index (χ4v) is 7.88. The minimum Gasteiger partial charge on any atom is -0.351 e. The van der Waals surface area contributed by atoms with Gasteiger partial charge >= 0.3 is 6.03 Å². The number of hydrogen-bond donors (Lipinski definition) is 2. The lowest BCUT2D eigenvalue weighted by molar-refractivity contribution is -0.125. The SMILES string of the molecule is Cc1cc(N(C)C(N)=O)cc(C)c1CCS(=O)(=O)N1CCC2(CC1)N=C(C1CC(C)C[C@H](C)C1)NC2=O. The predicted molar refractivity (Wildman–Crippen MR) is 146 cm³/mol. The number of nitrogens with zero attached hydrogens (tertiary/aromatic N) is 3. The minimum atomic E-state index is -3.50. The molecule has 37 heavy (non-hydrogen) atoms. The highest BCUT2D eigenvalue weighted by Gasteiger charge is 2.48. The van der Waals surface area contributed by atoms with Crippen LogP contribution in [0.2, 0.25) is 0 Å². The van der Waals surface area contributed by atoms with Crippen LogP contribution in [0.25, 0.3) is 0 Å². The van der Waals surface area contributed by atoms with Gasteiger partial charge in [-0.15, -0.1) is 0 Å². The van der Waals surface area contributed by atoms with Gasteiger partial charge in [-0.05, 0) is 93.0 Å². The number of nitrogens with one attached hydrogen (secondary N) is 1. The summed E-state index contributed by atoms with van der Waals surface area (Å²) in [4.78, 5) is 30.8. The molecule has 2 unspecified atom stereocenters. The zero-order chi connectivity index (χ0) is 27.1. The van der Waals surface area contributed by atoms with Crippen molar-refractivity contribution in [3.63, 3.8) is 0 Å². The van der Waals surface area contributed by atoms with Crippen LogP contribution >= 0.6 is 0 Å². The highest BCUT2D eigenvalue weighted by Crippen LogP contribution is 2.38. The van der Waals surface area contributed by atoms with Crippen LogP contribution in [0, 0.1) is 31.6 Å². The molecular formula is C27H41N5O4S. The Kier molecular flexibility index (Phi) is 7.72. The highest BCUT2D eigenvalue weighted by atomic mass is 32.2. The first-order valence-electron chi connectivity index (χ1n) is 13.3. The fraction of sp³-hybridized carbons (Fsp3) is 0.667. The molecule has 0 aromatic heterocycles. The van der Waals surface area contributed by atoms with Gasteiger partial charge < -0.3 is 11.1 Å². The molecule has 0 bridgehead atoms. The Bertz CT molecular complexity index is 1170. The Morgan fingerprint density at radius 1 is 1.14 bits per heavy atom. The molecule has 1 aromatic carbocycles. The van der Waals surface area contributed by atoms with Crippen LogP contribution in [-0.4, -0.2) is 61.9 Å². The van der Waals surface area contributed by atoms with E-state index in [4.69, 9.17) is 10.7 Å². The van der Waals surface area contributed by atoms with Gasteiger partial charge in [0.05, 0.1) is 5.75 Å². The van der Waals surface area contributed by atoms with Gasteiger partial charge in [0.1, 0.15) is 11.4 Å². The third kappa shape index (κ3) is 5.70. The van der Waals surface area contributed by atoms with E-state index in [1.165, 1.54) is 15.6 Å². The molecule has 1 saturated heterocycles. The van der Waals surface area contributed by atoms with Crippen molar-refractivity contribution >= 4 is 33.5 Å². The number of aliphatic imine (C=N–C) groups is 1. The van der Waals surface area contributed by atoms with Gasteiger partial charge in [-0.1, -0.05) is 13.8 Å². The van der Waals surface area contributed by atoms with Crippen molar-refractivity contribution in [3.8, 4) is 0 Å². The third-order valence-corrected chi connectivity index (χ3v) is 10.4. The van der Waals surface area contributed by atoms with E-state index in [0.717, 1.165) is 35.4 Å². The van der Waals surface area contributed by atoms with E-state index in [2.05, 4.69) is 19.2 Å². The number of amides is 3. The zero-order valence-corrected chi connectivity index (χ0v) is 23.5. The maximum atomic E-state index is 13.2. The number of rotatable bonds is 6. The van der Waals surface area contributed by atoms with Crippen LogP contribution in [0.15, 0.2) is 17.1 Å². The van der Waals surface area contributed by atoms with Gasteiger partial charge in [0.25, 0.3) is 5.91 Å². The van der Waals surface area contributed by atoms with Crippen LogP contribution in [0.3, 0.4) is 0 Å². The maximum Gasteiger partial charge on any atom is 0.318 e. The van der Waals surface area contributed by atoms with E-state index in [0.29, 0.717) is 49.9 Å². The average Bonchev–Trinajstić information content (AvgIpc) is 3.13. The predicted octanol–water partition coefficient (Wildman–Crippen LogP) is 3.13. The topological polar surface area (TPSA) is 125 Å². The molecule has 2 fully saturated rings. The van der Waals surface area contributed by atoms with E-state index in [9.17, 15) is 18.0 Å². The Balaban J connectivity index is 1.40. The third-order valence-electron chi connectivity index (χ3n) is 8.52. The molecule has 3 N–H and O–H groups in total. The number of benzene rings is 1. The normalized spacial score (nSPS) is 26.1. The smallest absolute Gasteiger partial charge is 0.318 e. The quantitative estimate of drug-likeness (QED) is 0.585. The second-order valence-corrected chi connectivity index (χ2v) is 13.6. The minimum absolute atomic E-state index is 0.00868. The number of carbonyl (C=O) groups excluding carboxylic acids is 2.